The van der Waals surface area contributed by atoms with Crippen molar-refractivity contribution in [1.82, 2.24) is 20.4 Å². The van der Waals surface area contributed by atoms with Gasteiger partial charge in [-0.25, -0.2) is 4.98 Å². The Balaban J connectivity index is 1.73. The molecule has 3 aromatic heterocycles. The van der Waals surface area contributed by atoms with Gasteiger partial charge < -0.3 is 0 Å². The Morgan fingerprint density at radius 1 is 1.36 bits per heavy atom. The summed E-state index contributed by atoms with van der Waals surface area (Å²) in [5.41, 5.74) is 5.53. The monoisotopic (exact) mass is 434 g/mol. The quantitative estimate of drug-likeness (QED) is 0.269. The maximum Gasteiger partial charge on any atom is 0.279 e. The Morgan fingerprint density at radius 3 is 2.82 bits per heavy atom. The van der Waals surface area contributed by atoms with Gasteiger partial charge in [-0.3, -0.25) is 29.8 Å². The van der Waals surface area contributed by atoms with Gasteiger partial charge in [0.15, 0.2) is 5.16 Å². The number of fused-ring (bicyclic) bond motifs is 1. The number of carbonyl (C=O) groups excluding carboxylic acids is 2. The van der Waals surface area contributed by atoms with Crippen LogP contribution in [0.25, 0.3) is 10.2 Å². The van der Waals surface area contributed by atoms with Gasteiger partial charge in [0, 0.05) is 11.4 Å². The Labute approximate surface area is 173 Å². The number of allylic oxidation sites excluding steroid dienone is 1. The highest BCUT2D eigenvalue weighted by atomic mass is 32.2. The van der Waals surface area contributed by atoms with Crippen LogP contribution in [0.3, 0.4) is 0 Å². The second-order valence-corrected chi connectivity index (χ2v) is 8.92. The first-order valence-electron chi connectivity index (χ1n) is 8.29. The Kier molecular flexibility index (Phi) is 6.32. The van der Waals surface area contributed by atoms with Crippen molar-refractivity contribution >= 4 is 56.5 Å². The van der Waals surface area contributed by atoms with Gasteiger partial charge >= 0.3 is 0 Å². The number of nitrogens with one attached hydrogen (secondary N) is 2. The van der Waals surface area contributed by atoms with Gasteiger partial charge in [-0.1, -0.05) is 23.9 Å². The first-order valence-corrected chi connectivity index (χ1v) is 11.0. The lowest BCUT2D eigenvalue weighted by Crippen LogP contribution is -2.42. The zero-order chi connectivity index (χ0) is 20.3. The predicted octanol–water partition coefficient (Wildman–Crippen LogP) is 2.88. The zero-order valence-electron chi connectivity index (χ0n) is 15.3. The van der Waals surface area contributed by atoms with Crippen LogP contribution in [-0.2, 0) is 11.3 Å². The van der Waals surface area contributed by atoms with Crippen LogP contribution in [0.1, 0.15) is 20.1 Å². The molecule has 0 spiro atoms. The molecule has 2 amide bonds. The van der Waals surface area contributed by atoms with E-state index in [1.54, 1.807) is 23.6 Å². The van der Waals surface area contributed by atoms with Crippen molar-refractivity contribution < 1.29 is 9.59 Å². The molecule has 0 radical (unpaired) electrons. The minimum atomic E-state index is -0.395. The van der Waals surface area contributed by atoms with E-state index in [4.69, 9.17) is 0 Å². The summed E-state index contributed by atoms with van der Waals surface area (Å²) in [7, 11) is 0. The third-order valence-electron chi connectivity index (χ3n) is 3.96. The maximum absolute atomic E-state index is 12.9. The average Bonchev–Trinajstić information content (AvgIpc) is 3.30. The van der Waals surface area contributed by atoms with E-state index in [0.717, 1.165) is 22.2 Å². The molecule has 0 atom stereocenters. The highest BCUT2D eigenvalue weighted by Gasteiger charge is 2.17. The third kappa shape index (κ3) is 4.18. The summed E-state index contributed by atoms with van der Waals surface area (Å²) in [4.78, 5) is 43.6. The molecule has 146 valence electrons. The molecule has 0 fully saturated rings. The van der Waals surface area contributed by atoms with Crippen molar-refractivity contribution in [1.29, 1.82) is 0 Å². The summed E-state index contributed by atoms with van der Waals surface area (Å²) in [6, 6.07) is 3.42. The predicted molar refractivity (Wildman–Crippen MR) is 114 cm³/mol. The summed E-state index contributed by atoms with van der Waals surface area (Å²) in [6.07, 6.45) is 1.62. The minimum absolute atomic E-state index is 0.00312. The van der Waals surface area contributed by atoms with Gasteiger partial charge in [0.25, 0.3) is 11.5 Å². The minimum Gasteiger partial charge on any atom is -0.283 e. The number of aromatic nitrogens is 2. The molecule has 0 saturated carbocycles. The van der Waals surface area contributed by atoms with Gasteiger partial charge in [-0.05, 0) is 30.9 Å². The highest BCUT2D eigenvalue weighted by molar-refractivity contribution is 7.99. The SMILES string of the molecule is C=CCn1c(SCC(=O)NNC(=O)c2cccs2)nc2sc(C)c(C)c2c1=O. The second kappa shape index (κ2) is 8.72. The number of hydrazine groups is 1. The van der Waals surface area contributed by atoms with Crippen LogP contribution in [0.5, 0.6) is 0 Å². The van der Waals surface area contributed by atoms with E-state index in [2.05, 4.69) is 22.4 Å². The van der Waals surface area contributed by atoms with Crippen LogP contribution in [0, 0.1) is 13.8 Å². The molecule has 3 aromatic rings. The molecule has 2 N–H and O–H groups in total. The van der Waals surface area contributed by atoms with Crippen LogP contribution in [0.2, 0.25) is 0 Å². The first-order chi connectivity index (χ1) is 13.4. The van der Waals surface area contributed by atoms with Crippen LogP contribution in [0.4, 0.5) is 0 Å². The third-order valence-corrected chi connectivity index (χ3v) is 6.90. The van der Waals surface area contributed by atoms with Gasteiger partial charge in [-0.2, -0.15) is 0 Å². The molecular weight excluding hydrogens is 416 g/mol. The van der Waals surface area contributed by atoms with Crippen molar-refractivity contribution in [2.75, 3.05) is 5.75 Å². The van der Waals surface area contributed by atoms with E-state index in [1.807, 2.05) is 13.8 Å². The number of rotatable bonds is 6. The summed E-state index contributed by atoms with van der Waals surface area (Å²) < 4.78 is 1.51. The number of hydrogen-bond donors (Lipinski definition) is 2. The molecular formula is C18H18N4O3S3. The molecule has 0 bridgehead atoms. The lowest BCUT2D eigenvalue weighted by molar-refractivity contribution is -0.119. The van der Waals surface area contributed by atoms with E-state index in [9.17, 15) is 14.4 Å². The fourth-order valence-corrected chi connectivity index (χ4v) is 4.97. The normalized spacial score (nSPS) is 10.8. The summed E-state index contributed by atoms with van der Waals surface area (Å²) in [5, 5.41) is 2.83. The van der Waals surface area contributed by atoms with Crippen LogP contribution in [-0.4, -0.2) is 27.1 Å². The van der Waals surface area contributed by atoms with E-state index in [1.165, 1.54) is 27.2 Å². The Hall–Kier alpha value is -2.43. The number of amides is 2. The molecule has 0 aliphatic carbocycles. The molecule has 0 unspecified atom stereocenters. The summed E-state index contributed by atoms with van der Waals surface area (Å²) >= 11 is 3.88. The number of thiophene rings is 2. The van der Waals surface area contributed by atoms with Crippen molar-refractivity contribution in [3.05, 3.63) is 55.8 Å². The molecule has 7 nitrogen and oxygen atoms in total. The smallest absolute Gasteiger partial charge is 0.279 e. The highest BCUT2D eigenvalue weighted by Crippen LogP contribution is 2.28. The van der Waals surface area contributed by atoms with Gasteiger partial charge in [-0.15, -0.1) is 29.3 Å². The molecule has 0 aliphatic rings. The van der Waals surface area contributed by atoms with Crippen molar-refractivity contribution in [3.63, 3.8) is 0 Å². The van der Waals surface area contributed by atoms with Crippen LogP contribution in [0.15, 0.2) is 40.1 Å². The van der Waals surface area contributed by atoms with E-state index in [0.29, 0.717) is 26.8 Å². The molecule has 0 saturated heterocycles. The number of hydrogen-bond acceptors (Lipinski definition) is 7. The van der Waals surface area contributed by atoms with Crippen LogP contribution >= 0.6 is 34.4 Å². The number of nitrogens with zero attached hydrogens (tertiary/aromatic N) is 2. The standard InChI is InChI=1S/C18H18N4O3S3/c1-4-7-22-17(25)14-10(2)11(3)28-16(14)19-18(22)27-9-13(23)20-21-15(24)12-6-5-8-26-12/h4-6,8H,1,7,9H2,2-3H3,(H,20,23)(H,21,24). The van der Waals surface area contributed by atoms with E-state index < -0.39 is 5.91 Å². The van der Waals surface area contributed by atoms with Gasteiger partial charge in [0.2, 0.25) is 5.91 Å². The summed E-state index contributed by atoms with van der Waals surface area (Å²) in [5.74, 6) is -0.766. The molecule has 28 heavy (non-hydrogen) atoms. The molecule has 0 aliphatic heterocycles. The van der Waals surface area contributed by atoms with Gasteiger partial charge in [0.1, 0.15) is 4.83 Å². The molecule has 3 heterocycles. The average molecular weight is 435 g/mol. The van der Waals surface area contributed by atoms with E-state index >= 15 is 0 Å². The van der Waals surface area contributed by atoms with Gasteiger partial charge in [0.05, 0.1) is 16.0 Å². The fraction of sp³-hybridized carbons (Fsp3) is 0.222. The van der Waals surface area contributed by atoms with Crippen molar-refractivity contribution in [2.45, 2.75) is 25.5 Å². The lowest BCUT2D eigenvalue weighted by Gasteiger charge is -2.10. The molecule has 10 heteroatoms. The second-order valence-electron chi connectivity index (χ2n) is 5.83. The topological polar surface area (TPSA) is 93.1 Å². The largest absolute Gasteiger partial charge is 0.283 e. The number of carbonyl (C=O) groups is 2. The number of thioether (sulfide) groups is 1. The Bertz CT molecular complexity index is 1100. The fourth-order valence-electron chi connectivity index (χ4n) is 2.47. The summed E-state index contributed by atoms with van der Waals surface area (Å²) in [6.45, 7) is 7.86. The lowest BCUT2D eigenvalue weighted by atomic mass is 10.2. The molecule has 0 aromatic carbocycles. The first kappa shape index (κ1) is 20.3. The number of aryl methyl sites for hydroxylation is 2. The Morgan fingerprint density at radius 2 is 2.14 bits per heavy atom. The maximum atomic E-state index is 12.9. The van der Waals surface area contributed by atoms with Crippen molar-refractivity contribution in [2.24, 2.45) is 0 Å². The zero-order valence-corrected chi connectivity index (χ0v) is 17.7. The van der Waals surface area contributed by atoms with E-state index in [-0.39, 0.29) is 17.2 Å². The molecule has 3 rings (SSSR count). The van der Waals surface area contributed by atoms with Crippen molar-refractivity contribution in [3.8, 4) is 0 Å². The van der Waals surface area contributed by atoms with Crippen LogP contribution < -0.4 is 16.4 Å².